The first-order valence-electron chi connectivity index (χ1n) is 7.53. The molecule has 22 heavy (non-hydrogen) atoms. The van der Waals surface area contributed by atoms with Crippen molar-refractivity contribution in [2.24, 2.45) is 5.92 Å². The number of carbonyl (C=O) groups is 1. The third kappa shape index (κ3) is 4.91. The number of aryl methyl sites for hydroxylation is 2. The lowest BCUT2D eigenvalue weighted by Gasteiger charge is -2.14. The summed E-state index contributed by atoms with van der Waals surface area (Å²) in [7, 11) is 0. The van der Waals surface area contributed by atoms with E-state index in [1.54, 1.807) is 12.5 Å². The lowest BCUT2D eigenvalue weighted by molar-refractivity contribution is 0.238. The monoisotopic (exact) mass is 304 g/mol. The summed E-state index contributed by atoms with van der Waals surface area (Å²) in [6.45, 7) is 8.85. The minimum Gasteiger partial charge on any atom is -0.338 e. The molecule has 0 saturated carbocycles. The van der Waals surface area contributed by atoms with Crippen molar-refractivity contribution < 1.29 is 4.79 Å². The number of carbonyl (C=O) groups excluding carboxylic acids is 1. The second kappa shape index (κ2) is 7.63. The number of aromatic nitrogens is 4. The van der Waals surface area contributed by atoms with E-state index in [0.29, 0.717) is 25.6 Å². The quantitative estimate of drug-likeness (QED) is 0.810. The molecule has 0 saturated heterocycles. The molecular weight excluding hydrogens is 280 g/mol. The maximum Gasteiger partial charge on any atom is 0.314 e. The molecule has 0 bridgehead atoms. The van der Waals surface area contributed by atoms with Gasteiger partial charge in [0.2, 0.25) is 0 Å². The minimum absolute atomic E-state index is 0.139. The highest BCUT2D eigenvalue weighted by Gasteiger charge is 2.08. The van der Waals surface area contributed by atoms with E-state index in [0.717, 1.165) is 17.9 Å². The van der Waals surface area contributed by atoms with Gasteiger partial charge in [-0.15, -0.1) is 0 Å². The van der Waals surface area contributed by atoms with Crippen LogP contribution >= 0.6 is 0 Å². The largest absolute Gasteiger partial charge is 0.338 e. The molecule has 7 nitrogen and oxygen atoms in total. The molecule has 2 aromatic rings. The van der Waals surface area contributed by atoms with Gasteiger partial charge in [0.15, 0.2) is 0 Å². The van der Waals surface area contributed by atoms with Crippen molar-refractivity contribution in [1.29, 1.82) is 0 Å². The molecule has 0 aliphatic heterocycles. The lowest BCUT2D eigenvalue weighted by Crippen LogP contribution is -2.39. The SMILES string of the molecule is Cc1cc(C)n(C[C@@H](C)CNC(=O)NCCn2ccnc2)n1. The summed E-state index contributed by atoms with van der Waals surface area (Å²) in [6, 6.07) is 1.92. The minimum atomic E-state index is -0.139. The molecular formula is C15H24N6O. The molecule has 2 rings (SSSR count). The van der Waals surface area contributed by atoms with Gasteiger partial charge in [-0.3, -0.25) is 4.68 Å². The second-order valence-corrected chi connectivity index (χ2v) is 5.65. The Morgan fingerprint density at radius 2 is 2.18 bits per heavy atom. The molecule has 2 N–H and O–H groups in total. The van der Waals surface area contributed by atoms with Gasteiger partial charge in [0, 0.05) is 44.3 Å². The number of imidazole rings is 1. The molecule has 1 atom stereocenters. The number of nitrogens with one attached hydrogen (secondary N) is 2. The highest BCUT2D eigenvalue weighted by atomic mass is 16.2. The molecule has 2 heterocycles. The number of amides is 2. The summed E-state index contributed by atoms with van der Waals surface area (Å²) >= 11 is 0. The molecule has 120 valence electrons. The van der Waals surface area contributed by atoms with Crippen molar-refractivity contribution in [1.82, 2.24) is 30.0 Å². The van der Waals surface area contributed by atoms with Crippen LogP contribution in [0.15, 0.2) is 24.8 Å². The lowest BCUT2D eigenvalue weighted by atomic mass is 10.2. The molecule has 2 aromatic heterocycles. The molecule has 0 radical (unpaired) electrons. The topological polar surface area (TPSA) is 76.8 Å². The third-order valence-corrected chi connectivity index (χ3v) is 3.41. The zero-order chi connectivity index (χ0) is 15.9. The number of rotatable bonds is 7. The molecule has 0 aliphatic carbocycles. The summed E-state index contributed by atoms with van der Waals surface area (Å²) < 4.78 is 3.91. The van der Waals surface area contributed by atoms with E-state index in [1.165, 1.54) is 0 Å². The van der Waals surface area contributed by atoms with Crippen molar-refractivity contribution in [3.05, 3.63) is 36.2 Å². The Morgan fingerprint density at radius 1 is 1.36 bits per heavy atom. The van der Waals surface area contributed by atoms with E-state index >= 15 is 0 Å². The van der Waals surface area contributed by atoms with Crippen LogP contribution in [0.4, 0.5) is 4.79 Å². The Balaban J connectivity index is 1.64. The van der Waals surface area contributed by atoms with E-state index in [1.807, 2.05) is 29.3 Å². The fourth-order valence-corrected chi connectivity index (χ4v) is 2.27. The zero-order valence-corrected chi connectivity index (χ0v) is 13.4. The third-order valence-electron chi connectivity index (χ3n) is 3.41. The van der Waals surface area contributed by atoms with Gasteiger partial charge < -0.3 is 15.2 Å². The Kier molecular flexibility index (Phi) is 5.57. The van der Waals surface area contributed by atoms with Gasteiger partial charge >= 0.3 is 6.03 Å². The predicted molar refractivity (Wildman–Crippen MR) is 84.5 cm³/mol. The molecule has 0 unspecified atom stereocenters. The van der Waals surface area contributed by atoms with E-state index in [4.69, 9.17) is 0 Å². The van der Waals surface area contributed by atoms with Crippen molar-refractivity contribution in [3.63, 3.8) is 0 Å². The van der Waals surface area contributed by atoms with Gasteiger partial charge in [-0.1, -0.05) is 6.92 Å². The first kappa shape index (κ1) is 16.1. The molecule has 0 fully saturated rings. The van der Waals surface area contributed by atoms with Crippen LogP contribution in [0.2, 0.25) is 0 Å². The van der Waals surface area contributed by atoms with Gasteiger partial charge in [-0.2, -0.15) is 5.10 Å². The van der Waals surface area contributed by atoms with E-state index in [-0.39, 0.29) is 6.03 Å². The maximum absolute atomic E-state index is 11.7. The van der Waals surface area contributed by atoms with E-state index in [9.17, 15) is 4.79 Å². The van der Waals surface area contributed by atoms with Crippen LogP contribution < -0.4 is 10.6 Å². The van der Waals surface area contributed by atoms with E-state index in [2.05, 4.69) is 33.7 Å². The number of hydrogen-bond acceptors (Lipinski definition) is 3. The molecule has 0 aromatic carbocycles. The first-order valence-corrected chi connectivity index (χ1v) is 7.53. The van der Waals surface area contributed by atoms with Gasteiger partial charge in [0.25, 0.3) is 0 Å². The van der Waals surface area contributed by atoms with Crippen LogP contribution in [0, 0.1) is 19.8 Å². The fourth-order valence-electron chi connectivity index (χ4n) is 2.27. The smallest absolute Gasteiger partial charge is 0.314 e. The van der Waals surface area contributed by atoms with Crippen LogP contribution in [0.5, 0.6) is 0 Å². The Bertz CT molecular complexity index is 589. The van der Waals surface area contributed by atoms with E-state index < -0.39 is 0 Å². The van der Waals surface area contributed by atoms with Crippen molar-refractivity contribution in [3.8, 4) is 0 Å². The average Bonchev–Trinajstić information content (AvgIpc) is 3.07. The Hall–Kier alpha value is -2.31. The number of nitrogens with zero attached hydrogens (tertiary/aromatic N) is 4. The normalized spacial score (nSPS) is 12.1. The average molecular weight is 304 g/mol. The Morgan fingerprint density at radius 3 is 2.82 bits per heavy atom. The van der Waals surface area contributed by atoms with Gasteiger partial charge in [-0.25, -0.2) is 9.78 Å². The van der Waals surface area contributed by atoms with Crippen LogP contribution in [0.25, 0.3) is 0 Å². The highest BCUT2D eigenvalue weighted by Crippen LogP contribution is 2.05. The summed E-state index contributed by atoms with van der Waals surface area (Å²) in [5, 5.41) is 10.2. The van der Waals surface area contributed by atoms with Gasteiger partial charge in [0.05, 0.1) is 12.0 Å². The van der Waals surface area contributed by atoms with Crippen molar-refractivity contribution >= 4 is 6.03 Å². The summed E-state index contributed by atoms with van der Waals surface area (Å²) in [5.74, 6) is 0.317. The standard InChI is InChI=1S/C15H24N6O/c1-12(10-21-14(3)8-13(2)19-21)9-18-15(22)17-5-7-20-6-4-16-11-20/h4,6,8,11-12H,5,7,9-10H2,1-3H3,(H2,17,18,22)/t12-/m0/s1. The molecule has 0 aliphatic rings. The summed E-state index contributed by atoms with van der Waals surface area (Å²) in [6.07, 6.45) is 5.33. The molecule has 2 amide bonds. The Labute approximate surface area is 130 Å². The van der Waals surface area contributed by atoms with Crippen LogP contribution in [0.3, 0.4) is 0 Å². The number of hydrogen-bond donors (Lipinski definition) is 2. The van der Waals surface area contributed by atoms with Gasteiger partial charge in [0.1, 0.15) is 0 Å². The van der Waals surface area contributed by atoms with Crippen molar-refractivity contribution in [2.45, 2.75) is 33.9 Å². The number of urea groups is 1. The predicted octanol–water partition coefficient (Wildman–Crippen LogP) is 1.33. The first-order chi connectivity index (χ1) is 10.5. The highest BCUT2D eigenvalue weighted by molar-refractivity contribution is 5.73. The summed E-state index contributed by atoms with van der Waals surface area (Å²) in [5.41, 5.74) is 2.17. The van der Waals surface area contributed by atoms with Crippen molar-refractivity contribution in [2.75, 3.05) is 13.1 Å². The van der Waals surface area contributed by atoms with Crippen LogP contribution in [0.1, 0.15) is 18.3 Å². The van der Waals surface area contributed by atoms with Crippen LogP contribution in [-0.4, -0.2) is 38.5 Å². The maximum atomic E-state index is 11.7. The van der Waals surface area contributed by atoms with Gasteiger partial charge in [-0.05, 0) is 25.8 Å². The summed E-state index contributed by atoms with van der Waals surface area (Å²) in [4.78, 5) is 15.7. The molecule has 7 heteroatoms. The fraction of sp³-hybridized carbons (Fsp3) is 0.533. The van der Waals surface area contributed by atoms with Crippen LogP contribution in [-0.2, 0) is 13.1 Å². The second-order valence-electron chi connectivity index (χ2n) is 5.65. The zero-order valence-electron chi connectivity index (χ0n) is 13.4. The molecule has 0 spiro atoms.